The Morgan fingerprint density at radius 1 is 0.382 bits per heavy atom. The van der Waals surface area contributed by atoms with Crippen molar-refractivity contribution >= 4 is 71.6 Å². The summed E-state index contributed by atoms with van der Waals surface area (Å²) in [7, 11) is 0. The lowest BCUT2D eigenvalue weighted by Crippen LogP contribution is -2.10. The van der Waals surface area contributed by atoms with Crippen molar-refractivity contribution in [3.63, 3.8) is 0 Å². The normalized spacial score (nSPS) is 11.6. The average Bonchev–Trinajstić information content (AvgIpc) is 3.85. The molecular formula is C51H32N2O2. The fourth-order valence-corrected chi connectivity index (χ4v) is 8.05. The van der Waals surface area contributed by atoms with Gasteiger partial charge in [-0.25, -0.2) is 4.98 Å². The summed E-state index contributed by atoms with van der Waals surface area (Å²) in [4.78, 5) is 7.16. The van der Waals surface area contributed by atoms with E-state index in [4.69, 9.17) is 13.8 Å². The molecule has 2 aromatic heterocycles. The second-order valence-electron chi connectivity index (χ2n) is 13.9. The molecule has 0 aliphatic rings. The molecule has 55 heavy (non-hydrogen) atoms. The summed E-state index contributed by atoms with van der Waals surface area (Å²) in [6.07, 6.45) is 0. The van der Waals surface area contributed by atoms with Crippen molar-refractivity contribution in [1.29, 1.82) is 0 Å². The lowest BCUT2D eigenvalue weighted by molar-refractivity contribution is 0.617. The molecule has 0 atom stereocenters. The third-order valence-corrected chi connectivity index (χ3v) is 10.7. The molecule has 2 heterocycles. The molecule has 11 rings (SSSR count). The summed E-state index contributed by atoms with van der Waals surface area (Å²) < 4.78 is 13.0. The molecule has 0 bridgehead atoms. The van der Waals surface area contributed by atoms with Crippen molar-refractivity contribution in [2.24, 2.45) is 0 Å². The van der Waals surface area contributed by atoms with Gasteiger partial charge in [-0.1, -0.05) is 133 Å². The van der Waals surface area contributed by atoms with Crippen molar-refractivity contribution in [2.45, 2.75) is 0 Å². The van der Waals surface area contributed by atoms with E-state index in [0.717, 1.165) is 66.8 Å². The minimum absolute atomic E-state index is 0.595. The van der Waals surface area contributed by atoms with E-state index in [1.807, 2.05) is 36.4 Å². The number of fused-ring (bicyclic) bond motifs is 7. The number of anilines is 3. The molecule has 0 aliphatic carbocycles. The maximum atomic E-state index is 6.80. The summed E-state index contributed by atoms with van der Waals surface area (Å²) in [5.41, 5.74) is 11.6. The highest BCUT2D eigenvalue weighted by Crippen LogP contribution is 2.45. The van der Waals surface area contributed by atoms with E-state index < -0.39 is 0 Å². The van der Waals surface area contributed by atoms with E-state index in [9.17, 15) is 0 Å². The van der Waals surface area contributed by atoms with Crippen LogP contribution >= 0.6 is 0 Å². The molecule has 0 radical (unpaired) electrons. The topological polar surface area (TPSA) is 42.4 Å². The van der Waals surface area contributed by atoms with Gasteiger partial charge in [0.2, 0.25) is 5.89 Å². The van der Waals surface area contributed by atoms with E-state index in [1.165, 1.54) is 27.1 Å². The molecule has 11 aromatic rings. The van der Waals surface area contributed by atoms with Crippen LogP contribution < -0.4 is 4.90 Å². The van der Waals surface area contributed by atoms with Crippen LogP contribution in [0.25, 0.3) is 88.3 Å². The van der Waals surface area contributed by atoms with Crippen molar-refractivity contribution in [1.82, 2.24) is 4.98 Å². The van der Waals surface area contributed by atoms with E-state index in [0.29, 0.717) is 11.5 Å². The Hall–Kier alpha value is -7.43. The molecule has 0 saturated heterocycles. The minimum Gasteiger partial charge on any atom is -0.454 e. The van der Waals surface area contributed by atoms with Gasteiger partial charge >= 0.3 is 0 Å². The van der Waals surface area contributed by atoms with Crippen molar-refractivity contribution in [3.8, 4) is 33.7 Å². The standard InChI is InChI=1S/C51H32N2O2/c1-3-13-33(14-4-1)36-18-11-19-39(29-36)53(38-27-25-34(26-28-38)44-30-37-17-7-8-20-40(37)41-21-9-10-22-42(41)44)47-24-12-23-43-45-31-46-49(32-48(45)54-50(43)47)55-51(52-46)35-15-5-2-6-16-35/h1-32H. The Balaban J connectivity index is 1.08. The fraction of sp³-hybridized carbons (Fsp3) is 0. The van der Waals surface area contributed by atoms with Crippen LogP contribution in [-0.2, 0) is 0 Å². The van der Waals surface area contributed by atoms with Crippen molar-refractivity contribution < 1.29 is 8.83 Å². The molecule has 4 nitrogen and oxygen atoms in total. The van der Waals surface area contributed by atoms with Gasteiger partial charge in [-0.05, 0) is 98.4 Å². The summed E-state index contributed by atoms with van der Waals surface area (Å²) in [5.74, 6) is 0.595. The van der Waals surface area contributed by atoms with Crippen molar-refractivity contribution in [2.75, 3.05) is 4.90 Å². The zero-order valence-corrected chi connectivity index (χ0v) is 29.7. The predicted molar refractivity (Wildman–Crippen MR) is 227 cm³/mol. The number of nitrogens with zero attached hydrogens (tertiary/aromatic N) is 2. The van der Waals surface area contributed by atoms with Crippen LogP contribution in [0.4, 0.5) is 17.1 Å². The first-order chi connectivity index (χ1) is 27.2. The third-order valence-electron chi connectivity index (χ3n) is 10.7. The van der Waals surface area contributed by atoms with Gasteiger partial charge in [-0.2, -0.15) is 0 Å². The average molecular weight is 705 g/mol. The molecule has 9 aromatic carbocycles. The Labute approximate surface area is 317 Å². The van der Waals surface area contributed by atoms with E-state index in [-0.39, 0.29) is 0 Å². The predicted octanol–water partition coefficient (Wildman–Crippen LogP) is 14.5. The Kier molecular flexibility index (Phi) is 7.14. The number of hydrogen-bond donors (Lipinski definition) is 0. The summed E-state index contributed by atoms with van der Waals surface area (Å²) in [6.45, 7) is 0. The smallest absolute Gasteiger partial charge is 0.227 e. The highest BCUT2D eigenvalue weighted by Gasteiger charge is 2.21. The number of hydrogen-bond acceptors (Lipinski definition) is 4. The highest BCUT2D eigenvalue weighted by molar-refractivity contribution is 6.15. The van der Waals surface area contributed by atoms with Gasteiger partial charge in [0.05, 0.1) is 5.69 Å². The molecular weight excluding hydrogens is 673 g/mol. The van der Waals surface area contributed by atoms with Crippen LogP contribution in [0.15, 0.2) is 203 Å². The molecule has 0 spiro atoms. The number of furan rings is 1. The Morgan fingerprint density at radius 2 is 1.05 bits per heavy atom. The van der Waals surface area contributed by atoms with Crippen LogP contribution in [0.3, 0.4) is 0 Å². The Morgan fingerprint density at radius 3 is 1.87 bits per heavy atom. The molecule has 0 aliphatic heterocycles. The van der Waals surface area contributed by atoms with E-state index >= 15 is 0 Å². The monoisotopic (exact) mass is 704 g/mol. The number of rotatable bonds is 6. The van der Waals surface area contributed by atoms with Crippen molar-refractivity contribution in [3.05, 3.63) is 194 Å². The second-order valence-corrected chi connectivity index (χ2v) is 13.9. The molecule has 0 N–H and O–H groups in total. The molecule has 0 amide bonds. The van der Waals surface area contributed by atoms with Gasteiger partial charge in [-0.15, -0.1) is 0 Å². The molecule has 4 heteroatoms. The van der Waals surface area contributed by atoms with Crippen LogP contribution in [0.1, 0.15) is 0 Å². The number of oxazole rings is 1. The van der Waals surface area contributed by atoms with Crippen LogP contribution in [0.2, 0.25) is 0 Å². The number of benzene rings is 9. The van der Waals surface area contributed by atoms with Gasteiger partial charge in [0, 0.05) is 33.8 Å². The minimum atomic E-state index is 0.595. The lowest BCUT2D eigenvalue weighted by Gasteiger charge is -2.26. The van der Waals surface area contributed by atoms with Crippen LogP contribution in [0.5, 0.6) is 0 Å². The van der Waals surface area contributed by atoms with Gasteiger partial charge in [0.15, 0.2) is 11.2 Å². The molecule has 0 fully saturated rings. The summed E-state index contributed by atoms with van der Waals surface area (Å²) >= 11 is 0. The zero-order chi connectivity index (χ0) is 36.3. The van der Waals surface area contributed by atoms with Crippen LogP contribution in [-0.4, -0.2) is 4.98 Å². The first kappa shape index (κ1) is 31.1. The lowest BCUT2D eigenvalue weighted by atomic mass is 9.93. The maximum absolute atomic E-state index is 6.80. The number of para-hydroxylation sites is 1. The molecule has 258 valence electrons. The second kappa shape index (κ2) is 12.6. The van der Waals surface area contributed by atoms with Crippen LogP contribution in [0, 0.1) is 0 Å². The highest BCUT2D eigenvalue weighted by atomic mass is 16.4. The largest absolute Gasteiger partial charge is 0.454 e. The van der Waals surface area contributed by atoms with Gasteiger partial charge < -0.3 is 13.7 Å². The molecule has 0 saturated carbocycles. The SMILES string of the molecule is c1ccc(-c2cccc(N(c3ccc(-c4cc5ccccc5c5ccccc45)cc3)c3cccc4c3oc3cc5oc(-c6ccccc6)nc5cc34)c2)cc1. The quantitative estimate of drug-likeness (QED) is 0.162. The number of aromatic nitrogens is 1. The first-order valence-corrected chi connectivity index (χ1v) is 18.5. The van der Waals surface area contributed by atoms with Gasteiger partial charge in [0.25, 0.3) is 0 Å². The maximum Gasteiger partial charge on any atom is 0.227 e. The third kappa shape index (κ3) is 5.26. The van der Waals surface area contributed by atoms with Gasteiger partial charge in [-0.3, -0.25) is 0 Å². The van der Waals surface area contributed by atoms with E-state index in [1.54, 1.807) is 0 Å². The Bertz CT molecular complexity index is 3200. The summed E-state index contributed by atoms with van der Waals surface area (Å²) in [6, 6.07) is 68.2. The molecule has 0 unspecified atom stereocenters. The first-order valence-electron chi connectivity index (χ1n) is 18.5. The zero-order valence-electron chi connectivity index (χ0n) is 29.7. The summed E-state index contributed by atoms with van der Waals surface area (Å²) in [5, 5.41) is 7.01. The fourth-order valence-electron chi connectivity index (χ4n) is 8.05. The van der Waals surface area contributed by atoms with Gasteiger partial charge in [0.1, 0.15) is 11.1 Å². The van der Waals surface area contributed by atoms with E-state index in [2.05, 4.69) is 163 Å².